The molecule has 1 unspecified atom stereocenters. The van der Waals surface area contributed by atoms with Crippen LogP contribution in [0.15, 0.2) is 0 Å². The van der Waals surface area contributed by atoms with Crippen molar-refractivity contribution in [1.82, 2.24) is 4.90 Å². The van der Waals surface area contributed by atoms with E-state index in [0.717, 1.165) is 4.78 Å². The van der Waals surface area contributed by atoms with Gasteiger partial charge in [0.15, 0.2) is 0 Å². The molecule has 76 valence electrons. The predicted molar refractivity (Wildman–Crippen MR) is 61.8 cm³/mol. The minimum Gasteiger partial charge on any atom is -0.309 e. The monoisotopic (exact) mass is 197 g/mol. The van der Waals surface area contributed by atoms with Crippen molar-refractivity contribution in [2.24, 2.45) is 0 Å². The molecule has 1 nitrogen and oxygen atoms in total. The van der Waals surface area contributed by atoms with Crippen LogP contribution in [0.3, 0.4) is 0 Å². The van der Waals surface area contributed by atoms with Crippen molar-refractivity contribution in [2.45, 2.75) is 48.0 Å². The molecule has 1 heterocycles. The van der Waals surface area contributed by atoms with E-state index in [4.69, 9.17) is 0 Å². The maximum atomic E-state index is 2.51. The molecule has 0 bridgehead atoms. The summed E-state index contributed by atoms with van der Waals surface area (Å²) in [7, 11) is 4.37. The van der Waals surface area contributed by atoms with E-state index >= 15 is 0 Å². The molecule has 0 radical (unpaired) electrons. The minimum atomic E-state index is -0.306. The second kappa shape index (κ2) is 6.07. The van der Waals surface area contributed by atoms with Crippen molar-refractivity contribution in [3.8, 4) is 0 Å². The van der Waals surface area contributed by atoms with Crippen molar-refractivity contribution < 1.29 is 0 Å². The molecule has 1 atom stereocenters. The molecule has 1 saturated heterocycles. The van der Waals surface area contributed by atoms with E-state index in [1.165, 1.54) is 19.4 Å². The molecule has 1 rings (SSSR count). The highest BCUT2D eigenvalue weighted by atomic mass is 27.2. The second-order valence-corrected chi connectivity index (χ2v) is 8.78. The third-order valence-electron chi connectivity index (χ3n) is 3.47. The highest BCUT2D eigenvalue weighted by Crippen LogP contribution is 2.31. The van der Waals surface area contributed by atoms with Gasteiger partial charge < -0.3 is 4.90 Å². The van der Waals surface area contributed by atoms with Gasteiger partial charge in [0.2, 0.25) is 0 Å². The fourth-order valence-electron chi connectivity index (χ4n) is 2.49. The van der Waals surface area contributed by atoms with Crippen molar-refractivity contribution in [3.05, 3.63) is 0 Å². The Kier molecular flexibility index (Phi) is 5.40. The van der Waals surface area contributed by atoms with E-state index in [1.54, 1.807) is 23.4 Å². The van der Waals surface area contributed by atoms with Crippen LogP contribution >= 0.6 is 0 Å². The molecule has 0 aromatic heterocycles. The van der Waals surface area contributed by atoms with Gasteiger partial charge in [0, 0.05) is 0 Å². The van der Waals surface area contributed by atoms with Gasteiger partial charge in [-0.1, -0.05) is 48.0 Å². The van der Waals surface area contributed by atoms with Crippen molar-refractivity contribution in [2.75, 3.05) is 20.6 Å². The quantitative estimate of drug-likeness (QED) is 0.626. The van der Waals surface area contributed by atoms with Gasteiger partial charge in [-0.15, -0.1) is 0 Å². The van der Waals surface area contributed by atoms with Gasteiger partial charge in [-0.05, 0) is 20.6 Å². The first-order valence-corrected chi connectivity index (χ1v) is 8.15. The summed E-state index contributed by atoms with van der Waals surface area (Å²) in [6.07, 6.45) is 6.05. The van der Waals surface area contributed by atoms with Crippen molar-refractivity contribution in [3.63, 3.8) is 0 Å². The lowest BCUT2D eigenvalue weighted by atomic mass is 10.2. The average Bonchev–Trinajstić information content (AvgIpc) is 2.08. The average molecular weight is 197 g/mol. The smallest absolute Gasteiger partial charge is 0.265 e. The molecular formula is C11H24AlN. The highest BCUT2D eigenvalue weighted by molar-refractivity contribution is 6.60. The van der Waals surface area contributed by atoms with E-state index in [0.29, 0.717) is 0 Å². The van der Waals surface area contributed by atoms with Crippen LogP contribution in [0.5, 0.6) is 0 Å². The Labute approximate surface area is 87.9 Å². The van der Waals surface area contributed by atoms with Crippen molar-refractivity contribution >= 4 is 14.1 Å². The molecular weight excluding hydrogens is 173 g/mol. The highest BCUT2D eigenvalue weighted by Gasteiger charge is 2.26. The van der Waals surface area contributed by atoms with Gasteiger partial charge in [0.05, 0.1) is 0 Å². The number of hydrogen-bond donors (Lipinski definition) is 0. The van der Waals surface area contributed by atoms with E-state index in [2.05, 4.69) is 25.9 Å². The standard InChI is InChI=1S/C6H12.C5H12N.Al/c1-3-5-6-4-2;1-4-5-6(2)3;/h4H,1,3,5-6H2,2H3;1,4-5H2,2-3H3;. The Morgan fingerprint density at radius 3 is 2.69 bits per heavy atom. The third-order valence-corrected chi connectivity index (χ3v) is 7.71. The summed E-state index contributed by atoms with van der Waals surface area (Å²) in [6.45, 7) is 3.81. The van der Waals surface area contributed by atoms with Gasteiger partial charge in [0.25, 0.3) is 14.1 Å². The summed E-state index contributed by atoms with van der Waals surface area (Å²) >= 11 is -0.306. The summed E-state index contributed by atoms with van der Waals surface area (Å²) in [6, 6.07) is 0. The van der Waals surface area contributed by atoms with Crippen LogP contribution in [0.2, 0.25) is 15.3 Å². The molecule has 0 aromatic rings. The molecule has 0 saturated carbocycles. The summed E-state index contributed by atoms with van der Waals surface area (Å²) in [5, 5.41) is 3.23. The van der Waals surface area contributed by atoms with Crippen LogP contribution in [-0.2, 0) is 0 Å². The molecule has 1 fully saturated rings. The Balaban J connectivity index is 2.11. The fourth-order valence-corrected chi connectivity index (χ4v) is 6.15. The van der Waals surface area contributed by atoms with E-state index in [-0.39, 0.29) is 14.1 Å². The zero-order valence-electron chi connectivity index (χ0n) is 9.55. The van der Waals surface area contributed by atoms with Gasteiger partial charge in [0.1, 0.15) is 0 Å². The molecule has 0 N–H and O–H groups in total. The topological polar surface area (TPSA) is 3.24 Å². The second-order valence-electron chi connectivity index (χ2n) is 4.97. The zero-order valence-corrected chi connectivity index (χ0v) is 10.7. The number of rotatable bonds is 4. The van der Waals surface area contributed by atoms with Crippen LogP contribution in [-0.4, -0.2) is 39.7 Å². The largest absolute Gasteiger partial charge is 0.309 e. The van der Waals surface area contributed by atoms with E-state index < -0.39 is 0 Å². The Bertz CT molecular complexity index is 136. The molecule has 2 heteroatoms. The summed E-state index contributed by atoms with van der Waals surface area (Å²) < 4.78 is 1.14. The van der Waals surface area contributed by atoms with Crippen LogP contribution in [0.1, 0.15) is 32.6 Å². The van der Waals surface area contributed by atoms with Crippen LogP contribution in [0.4, 0.5) is 0 Å². The lowest BCUT2D eigenvalue weighted by Crippen LogP contribution is -2.24. The van der Waals surface area contributed by atoms with Crippen LogP contribution in [0.25, 0.3) is 0 Å². The number of hydrogen-bond acceptors (Lipinski definition) is 1. The van der Waals surface area contributed by atoms with E-state index in [1.807, 2.05) is 0 Å². The maximum Gasteiger partial charge on any atom is 0.265 e. The summed E-state index contributed by atoms with van der Waals surface area (Å²) in [5.41, 5.74) is 0. The lowest BCUT2D eigenvalue weighted by molar-refractivity contribution is 0.407. The molecule has 0 amide bonds. The zero-order chi connectivity index (χ0) is 9.68. The summed E-state index contributed by atoms with van der Waals surface area (Å²) in [4.78, 5) is 2.32. The molecule has 13 heavy (non-hydrogen) atoms. The van der Waals surface area contributed by atoms with E-state index in [9.17, 15) is 0 Å². The lowest BCUT2D eigenvalue weighted by Gasteiger charge is -2.24. The number of nitrogens with zero attached hydrogens (tertiary/aromatic N) is 1. The normalized spacial score (nSPS) is 24.0. The summed E-state index contributed by atoms with van der Waals surface area (Å²) in [5.74, 6) is 0. The minimum absolute atomic E-state index is 0.306. The first kappa shape index (κ1) is 11.6. The molecule has 0 aliphatic carbocycles. The van der Waals surface area contributed by atoms with Gasteiger partial charge >= 0.3 is 0 Å². The Morgan fingerprint density at radius 2 is 2.08 bits per heavy atom. The maximum absolute atomic E-state index is 2.51. The van der Waals surface area contributed by atoms with Gasteiger partial charge in [-0.3, -0.25) is 0 Å². The Hall–Kier alpha value is 0.492. The van der Waals surface area contributed by atoms with Gasteiger partial charge in [-0.25, -0.2) is 0 Å². The third kappa shape index (κ3) is 4.49. The molecule has 1 aliphatic rings. The van der Waals surface area contributed by atoms with Crippen LogP contribution in [0, 0.1) is 0 Å². The van der Waals surface area contributed by atoms with Crippen LogP contribution < -0.4 is 0 Å². The SMILES string of the molecule is C[CH]1CCC[CH2][Al]1[CH2]CCN(C)C. The predicted octanol–water partition coefficient (Wildman–Crippen LogP) is 3.01. The fraction of sp³-hybridized carbons (Fsp3) is 1.00. The molecule has 0 aromatic carbocycles. The molecule has 0 spiro atoms. The van der Waals surface area contributed by atoms with Crippen molar-refractivity contribution in [1.29, 1.82) is 0 Å². The molecule has 1 aliphatic heterocycles. The first-order valence-electron chi connectivity index (χ1n) is 5.85. The first-order chi connectivity index (χ1) is 6.20. The van der Waals surface area contributed by atoms with Gasteiger partial charge in [-0.2, -0.15) is 0 Å². The Morgan fingerprint density at radius 1 is 1.31 bits per heavy atom.